The summed E-state index contributed by atoms with van der Waals surface area (Å²) in [7, 11) is 0. The van der Waals surface area contributed by atoms with Gasteiger partial charge in [-0.2, -0.15) is 0 Å². The van der Waals surface area contributed by atoms with E-state index in [4.69, 9.17) is 9.15 Å². The summed E-state index contributed by atoms with van der Waals surface area (Å²) in [5.74, 6) is 1.08. The fourth-order valence-corrected chi connectivity index (χ4v) is 2.44. The summed E-state index contributed by atoms with van der Waals surface area (Å²) < 4.78 is 11.4. The van der Waals surface area contributed by atoms with Crippen molar-refractivity contribution in [2.45, 2.75) is 0 Å². The maximum atomic E-state index is 12.5. The molecule has 1 amide bonds. The van der Waals surface area contributed by atoms with Crippen molar-refractivity contribution >= 4 is 22.7 Å². The second-order valence-electron chi connectivity index (χ2n) is 5.36. The molecule has 2 aromatic carbocycles. The number of furan rings is 1. The Balaban J connectivity index is 1.59. The Morgan fingerprint density at radius 3 is 2.60 bits per heavy atom. The Bertz CT molecular complexity index is 992. The maximum absolute atomic E-state index is 12.5. The number of carbonyl (C=O) groups excluding carboxylic acids is 1. The number of amides is 1. The van der Waals surface area contributed by atoms with Crippen molar-refractivity contribution in [3.63, 3.8) is 0 Å². The van der Waals surface area contributed by atoms with Gasteiger partial charge >= 0.3 is 0 Å². The molecule has 0 fully saturated rings. The van der Waals surface area contributed by atoms with E-state index in [1.165, 1.54) is 0 Å². The predicted molar refractivity (Wildman–Crippen MR) is 94.9 cm³/mol. The van der Waals surface area contributed by atoms with Crippen molar-refractivity contribution in [3.05, 3.63) is 84.8 Å². The predicted octanol–water partition coefficient (Wildman–Crippen LogP) is 4.87. The van der Waals surface area contributed by atoms with E-state index < -0.39 is 0 Å². The lowest BCUT2D eigenvalue weighted by atomic mass is 10.2. The average molecular weight is 330 g/mol. The normalized spacial score (nSPS) is 10.6. The van der Waals surface area contributed by atoms with Gasteiger partial charge in [-0.1, -0.05) is 30.3 Å². The Kier molecular flexibility index (Phi) is 3.88. The summed E-state index contributed by atoms with van der Waals surface area (Å²) in [6.45, 7) is 0. The zero-order valence-electron chi connectivity index (χ0n) is 13.2. The van der Waals surface area contributed by atoms with Crippen LogP contribution in [-0.2, 0) is 0 Å². The molecule has 5 heteroatoms. The zero-order valence-corrected chi connectivity index (χ0v) is 13.2. The molecule has 2 aromatic heterocycles. The highest BCUT2D eigenvalue weighted by Crippen LogP contribution is 2.29. The van der Waals surface area contributed by atoms with Gasteiger partial charge in [-0.3, -0.25) is 9.78 Å². The highest BCUT2D eigenvalue weighted by molar-refractivity contribution is 6.05. The fourth-order valence-electron chi connectivity index (χ4n) is 2.44. The summed E-state index contributed by atoms with van der Waals surface area (Å²) in [5.41, 5.74) is 1.77. The summed E-state index contributed by atoms with van der Waals surface area (Å²) >= 11 is 0. The van der Waals surface area contributed by atoms with Gasteiger partial charge in [-0.25, -0.2) is 0 Å². The van der Waals surface area contributed by atoms with Crippen LogP contribution in [0.5, 0.6) is 11.5 Å². The van der Waals surface area contributed by atoms with E-state index >= 15 is 0 Å². The molecule has 0 spiro atoms. The SMILES string of the molecule is O=C(Nc1ccccc1Oc1ccccc1)c1cc2ncccc2o1. The van der Waals surface area contributed by atoms with Crippen molar-refractivity contribution < 1.29 is 13.9 Å². The molecule has 0 bridgehead atoms. The zero-order chi connectivity index (χ0) is 17.1. The minimum atomic E-state index is -0.359. The summed E-state index contributed by atoms with van der Waals surface area (Å²) in [6.07, 6.45) is 1.66. The number of aromatic nitrogens is 1. The van der Waals surface area contributed by atoms with Crippen LogP contribution in [0.3, 0.4) is 0 Å². The molecular weight excluding hydrogens is 316 g/mol. The van der Waals surface area contributed by atoms with Crippen LogP contribution in [0.2, 0.25) is 0 Å². The van der Waals surface area contributed by atoms with Crippen LogP contribution in [0.15, 0.2) is 83.4 Å². The number of pyridine rings is 1. The van der Waals surface area contributed by atoms with E-state index in [1.807, 2.05) is 42.5 Å². The number of nitrogens with one attached hydrogen (secondary N) is 1. The van der Waals surface area contributed by atoms with E-state index in [1.54, 1.807) is 36.5 Å². The molecule has 122 valence electrons. The monoisotopic (exact) mass is 330 g/mol. The number of hydrogen-bond acceptors (Lipinski definition) is 4. The van der Waals surface area contributed by atoms with Crippen LogP contribution < -0.4 is 10.1 Å². The second kappa shape index (κ2) is 6.49. The molecule has 0 atom stereocenters. The summed E-state index contributed by atoms with van der Waals surface area (Å²) in [6, 6.07) is 21.8. The molecule has 0 aliphatic rings. The molecule has 25 heavy (non-hydrogen) atoms. The molecule has 0 saturated carbocycles. The van der Waals surface area contributed by atoms with Crippen molar-refractivity contribution in [1.82, 2.24) is 4.98 Å². The number of nitrogens with zero attached hydrogens (tertiary/aromatic N) is 1. The fraction of sp³-hybridized carbons (Fsp3) is 0. The summed E-state index contributed by atoms with van der Waals surface area (Å²) in [5, 5.41) is 2.82. The molecule has 2 heterocycles. The third-order valence-corrected chi connectivity index (χ3v) is 3.62. The highest BCUT2D eigenvalue weighted by atomic mass is 16.5. The lowest BCUT2D eigenvalue weighted by molar-refractivity contribution is 0.0998. The number of anilines is 1. The largest absolute Gasteiger partial charge is 0.455 e. The van der Waals surface area contributed by atoms with E-state index in [-0.39, 0.29) is 11.7 Å². The maximum Gasteiger partial charge on any atom is 0.291 e. The Morgan fingerprint density at radius 1 is 0.960 bits per heavy atom. The third kappa shape index (κ3) is 3.21. The first-order valence-corrected chi connectivity index (χ1v) is 7.77. The number of fused-ring (bicyclic) bond motifs is 1. The second-order valence-corrected chi connectivity index (χ2v) is 5.36. The molecule has 1 N–H and O–H groups in total. The van der Waals surface area contributed by atoms with E-state index in [2.05, 4.69) is 10.3 Å². The molecule has 4 rings (SSSR count). The van der Waals surface area contributed by atoms with Crippen molar-refractivity contribution in [2.24, 2.45) is 0 Å². The van der Waals surface area contributed by atoms with E-state index in [0.717, 1.165) is 0 Å². The number of ether oxygens (including phenoxy) is 1. The van der Waals surface area contributed by atoms with Crippen LogP contribution in [0, 0.1) is 0 Å². The standard InChI is InChI=1S/C20H14N2O3/c23-20(19-13-16-18(25-19)11-6-12-21-16)22-15-9-4-5-10-17(15)24-14-7-2-1-3-8-14/h1-13H,(H,22,23). The van der Waals surface area contributed by atoms with Crippen LogP contribution in [0.25, 0.3) is 11.1 Å². The first-order chi connectivity index (χ1) is 12.3. The van der Waals surface area contributed by atoms with Gasteiger partial charge in [0, 0.05) is 12.3 Å². The smallest absolute Gasteiger partial charge is 0.291 e. The highest BCUT2D eigenvalue weighted by Gasteiger charge is 2.15. The molecule has 0 saturated heterocycles. The summed E-state index contributed by atoms with van der Waals surface area (Å²) in [4.78, 5) is 16.7. The topological polar surface area (TPSA) is 64.4 Å². The lowest BCUT2D eigenvalue weighted by Crippen LogP contribution is -2.11. The van der Waals surface area contributed by atoms with Gasteiger partial charge < -0.3 is 14.5 Å². The third-order valence-electron chi connectivity index (χ3n) is 3.62. The number of benzene rings is 2. The molecule has 0 unspecified atom stereocenters. The molecular formula is C20H14N2O3. The molecule has 5 nitrogen and oxygen atoms in total. The lowest BCUT2D eigenvalue weighted by Gasteiger charge is -2.11. The van der Waals surface area contributed by atoms with Gasteiger partial charge in [0.05, 0.1) is 5.69 Å². The van der Waals surface area contributed by atoms with Crippen LogP contribution in [0.4, 0.5) is 5.69 Å². The van der Waals surface area contributed by atoms with Crippen molar-refractivity contribution in [1.29, 1.82) is 0 Å². The first kappa shape index (κ1) is 15.0. The van der Waals surface area contributed by atoms with E-state index in [9.17, 15) is 4.79 Å². The molecule has 0 aliphatic heterocycles. The number of carbonyl (C=O) groups is 1. The number of para-hydroxylation sites is 3. The molecule has 0 radical (unpaired) electrons. The first-order valence-electron chi connectivity index (χ1n) is 7.77. The number of rotatable bonds is 4. The van der Waals surface area contributed by atoms with Gasteiger partial charge in [-0.05, 0) is 36.4 Å². The molecule has 0 aliphatic carbocycles. The van der Waals surface area contributed by atoms with Gasteiger partial charge in [0.2, 0.25) is 0 Å². The van der Waals surface area contributed by atoms with Gasteiger partial charge in [0.25, 0.3) is 5.91 Å². The van der Waals surface area contributed by atoms with Gasteiger partial charge in [-0.15, -0.1) is 0 Å². The average Bonchev–Trinajstić information content (AvgIpc) is 3.09. The van der Waals surface area contributed by atoms with E-state index in [0.29, 0.717) is 28.3 Å². The molecule has 4 aromatic rings. The van der Waals surface area contributed by atoms with Gasteiger partial charge in [0.15, 0.2) is 17.1 Å². The van der Waals surface area contributed by atoms with Crippen molar-refractivity contribution in [2.75, 3.05) is 5.32 Å². The van der Waals surface area contributed by atoms with Crippen LogP contribution in [0.1, 0.15) is 10.6 Å². The minimum Gasteiger partial charge on any atom is -0.455 e. The Morgan fingerprint density at radius 2 is 1.76 bits per heavy atom. The Hall–Kier alpha value is -3.60. The number of hydrogen-bond donors (Lipinski definition) is 1. The van der Waals surface area contributed by atoms with Gasteiger partial charge in [0.1, 0.15) is 11.3 Å². The quantitative estimate of drug-likeness (QED) is 0.579. The minimum absolute atomic E-state index is 0.197. The van der Waals surface area contributed by atoms with Crippen LogP contribution >= 0.6 is 0 Å². The van der Waals surface area contributed by atoms with Crippen molar-refractivity contribution in [3.8, 4) is 11.5 Å². The van der Waals surface area contributed by atoms with Crippen LogP contribution in [-0.4, -0.2) is 10.9 Å². The Labute approximate surface area is 143 Å².